The van der Waals surface area contributed by atoms with Gasteiger partial charge in [0.1, 0.15) is 0 Å². The number of aromatic nitrogens is 1. The summed E-state index contributed by atoms with van der Waals surface area (Å²) in [7, 11) is 0. The van der Waals surface area contributed by atoms with Gasteiger partial charge >= 0.3 is 0 Å². The lowest BCUT2D eigenvalue weighted by Crippen LogP contribution is -2.06. The van der Waals surface area contributed by atoms with E-state index < -0.39 is 34.8 Å². The Kier molecular flexibility index (Phi) is 4.63. The molecular weight excluding hydrogens is 440 g/mol. The molecule has 33 heavy (non-hydrogen) atoms. The first-order valence-corrected chi connectivity index (χ1v) is 9.67. The van der Waals surface area contributed by atoms with Crippen molar-refractivity contribution in [2.24, 2.45) is 0 Å². The van der Waals surface area contributed by atoms with Crippen LogP contribution in [0.15, 0.2) is 48.7 Å². The van der Waals surface area contributed by atoms with Crippen LogP contribution in [0.1, 0.15) is 5.56 Å². The Hall–Kier alpha value is -4.27. The quantitative estimate of drug-likeness (QED) is 0.264. The number of pyridine rings is 1. The number of aryl methyl sites for hydroxylation is 1. The van der Waals surface area contributed by atoms with Gasteiger partial charge in [0.05, 0.1) is 5.69 Å². The summed E-state index contributed by atoms with van der Waals surface area (Å²) in [5.74, 6) is -5.57. The van der Waals surface area contributed by atoms with Crippen molar-refractivity contribution in [2.45, 2.75) is 6.92 Å². The summed E-state index contributed by atoms with van der Waals surface area (Å²) >= 11 is 0. The SMILES string of the molecule is Cc1cc2c(cc1-c1cc(F)c(O)c(F)c1)Oc1cc(-c3cc(F)c(O)c(F)c3)cnc1N2. The third-order valence-corrected chi connectivity index (χ3v) is 5.33. The number of halogens is 4. The molecule has 0 fully saturated rings. The normalized spacial score (nSPS) is 11.9. The molecule has 5 rings (SSSR count). The molecule has 0 aliphatic carbocycles. The van der Waals surface area contributed by atoms with Gasteiger partial charge in [-0.3, -0.25) is 0 Å². The van der Waals surface area contributed by atoms with E-state index in [0.717, 1.165) is 24.3 Å². The molecule has 0 amide bonds. The number of hydrogen-bond donors (Lipinski definition) is 3. The lowest BCUT2D eigenvalue weighted by molar-refractivity contribution is 0.396. The van der Waals surface area contributed by atoms with Crippen LogP contribution in [-0.4, -0.2) is 15.2 Å². The van der Waals surface area contributed by atoms with Gasteiger partial charge in [-0.2, -0.15) is 0 Å². The first-order valence-electron chi connectivity index (χ1n) is 9.67. The van der Waals surface area contributed by atoms with Gasteiger partial charge in [-0.1, -0.05) is 0 Å². The Morgan fingerprint density at radius 3 is 1.91 bits per heavy atom. The molecule has 1 aliphatic rings. The highest BCUT2D eigenvalue weighted by atomic mass is 19.1. The highest BCUT2D eigenvalue weighted by Crippen LogP contribution is 2.45. The van der Waals surface area contributed by atoms with Crippen LogP contribution in [0.25, 0.3) is 22.3 Å². The zero-order valence-corrected chi connectivity index (χ0v) is 16.9. The molecule has 2 heterocycles. The predicted molar refractivity (Wildman–Crippen MR) is 113 cm³/mol. The van der Waals surface area contributed by atoms with Crippen molar-refractivity contribution >= 4 is 11.5 Å². The van der Waals surface area contributed by atoms with Gasteiger partial charge in [0.2, 0.25) is 0 Å². The van der Waals surface area contributed by atoms with E-state index in [2.05, 4.69) is 10.3 Å². The fourth-order valence-electron chi connectivity index (χ4n) is 3.65. The second-order valence-corrected chi connectivity index (χ2v) is 7.54. The van der Waals surface area contributed by atoms with E-state index in [9.17, 15) is 27.8 Å². The van der Waals surface area contributed by atoms with Crippen molar-refractivity contribution in [3.05, 3.63) is 77.5 Å². The number of rotatable bonds is 2. The van der Waals surface area contributed by atoms with Crippen LogP contribution in [0.3, 0.4) is 0 Å². The van der Waals surface area contributed by atoms with Gasteiger partial charge in [0, 0.05) is 11.8 Å². The number of phenols is 2. The number of nitrogens with one attached hydrogen (secondary N) is 1. The average Bonchev–Trinajstić information content (AvgIpc) is 2.78. The zero-order valence-electron chi connectivity index (χ0n) is 16.9. The maximum absolute atomic E-state index is 13.9. The molecule has 4 aromatic rings. The van der Waals surface area contributed by atoms with Crippen molar-refractivity contribution in [1.82, 2.24) is 4.98 Å². The molecule has 0 saturated carbocycles. The monoisotopic (exact) mass is 454 g/mol. The van der Waals surface area contributed by atoms with E-state index >= 15 is 0 Å². The van der Waals surface area contributed by atoms with E-state index in [4.69, 9.17) is 4.74 Å². The number of fused-ring (bicyclic) bond motifs is 2. The summed E-state index contributed by atoms with van der Waals surface area (Å²) in [6.45, 7) is 1.75. The summed E-state index contributed by atoms with van der Waals surface area (Å²) < 4.78 is 61.2. The van der Waals surface area contributed by atoms with Crippen molar-refractivity contribution in [1.29, 1.82) is 0 Å². The predicted octanol–water partition coefficient (Wildman–Crippen LogP) is 6.54. The highest BCUT2D eigenvalue weighted by Gasteiger charge is 2.22. The van der Waals surface area contributed by atoms with E-state index in [1.807, 2.05) is 0 Å². The molecule has 1 aromatic heterocycles. The Morgan fingerprint density at radius 1 is 0.727 bits per heavy atom. The second-order valence-electron chi connectivity index (χ2n) is 7.54. The van der Waals surface area contributed by atoms with Crippen LogP contribution < -0.4 is 10.1 Å². The van der Waals surface area contributed by atoms with Gasteiger partial charge in [-0.25, -0.2) is 22.5 Å². The second kappa shape index (κ2) is 7.40. The van der Waals surface area contributed by atoms with Crippen molar-refractivity contribution in [2.75, 3.05) is 5.32 Å². The van der Waals surface area contributed by atoms with Crippen LogP contribution in [-0.2, 0) is 0 Å². The van der Waals surface area contributed by atoms with Gasteiger partial charge < -0.3 is 20.3 Å². The average molecular weight is 454 g/mol. The zero-order chi connectivity index (χ0) is 23.4. The minimum atomic E-state index is -1.11. The molecule has 3 N–H and O–H groups in total. The largest absolute Gasteiger partial charge is 0.503 e. The van der Waals surface area contributed by atoms with Gasteiger partial charge in [-0.15, -0.1) is 0 Å². The highest BCUT2D eigenvalue weighted by molar-refractivity contribution is 5.81. The van der Waals surface area contributed by atoms with E-state index in [1.165, 1.54) is 12.3 Å². The fourth-order valence-corrected chi connectivity index (χ4v) is 3.65. The summed E-state index contributed by atoms with van der Waals surface area (Å²) in [5.41, 5.74) is 2.41. The Balaban J connectivity index is 1.55. The van der Waals surface area contributed by atoms with Gasteiger partial charge in [-0.05, 0) is 71.6 Å². The van der Waals surface area contributed by atoms with Gasteiger partial charge in [0.25, 0.3) is 0 Å². The van der Waals surface area contributed by atoms with E-state index in [-0.39, 0.29) is 16.9 Å². The van der Waals surface area contributed by atoms with Crippen LogP contribution in [0.2, 0.25) is 0 Å². The fraction of sp³-hybridized carbons (Fsp3) is 0.0417. The van der Waals surface area contributed by atoms with Crippen LogP contribution in [0, 0.1) is 30.2 Å². The summed E-state index contributed by atoms with van der Waals surface area (Å²) in [5, 5.41) is 21.8. The van der Waals surface area contributed by atoms with Crippen molar-refractivity contribution in [3.63, 3.8) is 0 Å². The maximum atomic E-state index is 13.9. The number of nitrogens with zero attached hydrogens (tertiary/aromatic N) is 1. The molecule has 0 saturated heterocycles. The topological polar surface area (TPSA) is 74.6 Å². The molecule has 0 spiro atoms. The van der Waals surface area contributed by atoms with E-state index in [1.54, 1.807) is 19.1 Å². The molecule has 5 nitrogen and oxygen atoms in total. The lowest BCUT2D eigenvalue weighted by Gasteiger charge is -2.23. The number of phenolic OH excluding ortho intramolecular Hbond substituents is 2. The molecule has 0 atom stereocenters. The summed E-state index contributed by atoms with van der Waals surface area (Å²) in [6.07, 6.45) is 1.40. The summed E-state index contributed by atoms with van der Waals surface area (Å²) in [6, 6.07) is 8.80. The van der Waals surface area contributed by atoms with Gasteiger partial charge in [0.15, 0.2) is 52.1 Å². The molecule has 0 bridgehead atoms. The number of anilines is 2. The Morgan fingerprint density at radius 2 is 1.30 bits per heavy atom. The smallest absolute Gasteiger partial charge is 0.187 e. The lowest BCUT2D eigenvalue weighted by atomic mass is 9.98. The first-order chi connectivity index (χ1) is 15.7. The molecule has 1 aliphatic heterocycles. The first kappa shape index (κ1) is 20.6. The van der Waals surface area contributed by atoms with Crippen molar-refractivity contribution in [3.8, 4) is 45.3 Å². The third kappa shape index (κ3) is 3.47. The van der Waals surface area contributed by atoms with Crippen LogP contribution in [0.4, 0.5) is 29.1 Å². The molecule has 166 valence electrons. The van der Waals surface area contributed by atoms with Crippen LogP contribution >= 0.6 is 0 Å². The maximum Gasteiger partial charge on any atom is 0.187 e. The summed E-state index contributed by atoms with van der Waals surface area (Å²) in [4.78, 5) is 4.25. The minimum Gasteiger partial charge on any atom is -0.503 e. The number of benzene rings is 3. The molecular formula is C24H14F4N2O3. The van der Waals surface area contributed by atoms with Crippen molar-refractivity contribution < 1.29 is 32.5 Å². The Bertz CT molecular complexity index is 1410. The number of aromatic hydroxyl groups is 2. The minimum absolute atomic E-state index is 0.145. The molecule has 9 heteroatoms. The number of hydrogen-bond acceptors (Lipinski definition) is 5. The third-order valence-electron chi connectivity index (χ3n) is 5.33. The Labute approximate surface area is 184 Å². The van der Waals surface area contributed by atoms with Crippen LogP contribution in [0.5, 0.6) is 23.0 Å². The standard InChI is InChI=1S/C24H14F4N2O3/c1-10-2-19-20(8-14(10)12-5-17(27)23(32)18(28)6-12)33-21-7-13(9-29-24(21)30-19)11-3-15(25)22(31)16(26)4-11/h2-9,31-32H,1H3,(H,29,30). The molecule has 0 radical (unpaired) electrons. The number of ether oxygens (including phenoxy) is 1. The molecule has 0 unspecified atom stereocenters. The van der Waals surface area contributed by atoms with E-state index in [0.29, 0.717) is 33.9 Å². The molecule has 3 aromatic carbocycles.